The Labute approximate surface area is 132 Å². The van der Waals surface area contributed by atoms with E-state index in [9.17, 15) is 19.2 Å². The van der Waals surface area contributed by atoms with Gasteiger partial charge in [0.2, 0.25) is 17.7 Å². The van der Waals surface area contributed by atoms with E-state index in [1.165, 1.54) is 18.7 Å². The average molecular weight is 334 g/mol. The summed E-state index contributed by atoms with van der Waals surface area (Å²) in [5.74, 6) is -2.79. The van der Waals surface area contributed by atoms with Gasteiger partial charge in [-0.3, -0.25) is 19.2 Å². The van der Waals surface area contributed by atoms with Crippen LogP contribution in [0.2, 0.25) is 0 Å². The van der Waals surface area contributed by atoms with Crippen LogP contribution in [0.5, 0.6) is 0 Å². The van der Waals surface area contributed by atoms with Gasteiger partial charge in [-0.2, -0.15) is 11.8 Å². The van der Waals surface area contributed by atoms with Crippen LogP contribution >= 0.6 is 11.8 Å². The third-order valence-corrected chi connectivity index (χ3v) is 3.38. The van der Waals surface area contributed by atoms with E-state index in [0.29, 0.717) is 12.2 Å². The molecular formula is C12H22N4O5S. The lowest BCUT2D eigenvalue weighted by molar-refractivity contribution is -0.141. The Morgan fingerprint density at radius 3 is 2.23 bits per heavy atom. The van der Waals surface area contributed by atoms with Gasteiger partial charge in [0, 0.05) is 0 Å². The van der Waals surface area contributed by atoms with Crippen molar-refractivity contribution in [2.45, 2.75) is 37.9 Å². The normalized spacial score (nSPS) is 14.5. The second-order valence-electron chi connectivity index (χ2n) is 4.69. The fourth-order valence-corrected chi connectivity index (χ4v) is 1.93. The average Bonchev–Trinajstić information content (AvgIpc) is 2.42. The van der Waals surface area contributed by atoms with E-state index in [1.54, 1.807) is 0 Å². The Hall–Kier alpha value is -1.81. The van der Waals surface area contributed by atoms with E-state index in [0.717, 1.165) is 0 Å². The third kappa shape index (κ3) is 7.84. The summed E-state index contributed by atoms with van der Waals surface area (Å²) in [6.07, 6.45) is 1.82. The number of carbonyl (C=O) groups is 4. The van der Waals surface area contributed by atoms with Crippen molar-refractivity contribution in [1.29, 1.82) is 0 Å². The van der Waals surface area contributed by atoms with E-state index in [4.69, 9.17) is 16.6 Å². The molecule has 0 fully saturated rings. The van der Waals surface area contributed by atoms with E-state index in [2.05, 4.69) is 10.6 Å². The zero-order chi connectivity index (χ0) is 17.3. The Morgan fingerprint density at radius 2 is 1.77 bits per heavy atom. The number of carbonyl (C=O) groups excluding carboxylic acids is 3. The van der Waals surface area contributed by atoms with Crippen LogP contribution in [0.3, 0.4) is 0 Å². The molecule has 3 atom stereocenters. The number of rotatable bonds is 10. The molecule has 0 rings (SSSR count). The van der Waals surface area contributed by atoms with Crippen LogP contribution in [0.1, 0.15) is 19.8 Å². The Kier molecular flexibility index (Phi) is 9.18. The highest BCUT2D eigenvalue weighted by molar-refractivity contribution is 7.98. The Bertz CT molecular complexity index is 432. The van der Waals surface area contributed by atoms with Crippen LogP contribution in [0.25, 0.3) is 0 Å². The minimum absolute atomic E-state index is 0.406. The molecule has 0 aliphatic carbocycles. The summed E-state index contributed by atoms with van der Waals surface area (Å²) >= 11 is 1.52. The van der Waals surface area contributed by atoms with Crippen molar-refractivity contribution >= 4 is 35.5 Å². The summed E-state index contributed by atoms with van der Waals surface area (Å²) in [7, 11) is 0. The maximum Gasteiger partial charge on any atom is 0.325 e. The van der Waals surface area contributed by atoms with Crippen LogP contribution in [0.4, 0.5) is 0 Å². The van der Waals surface area contributed by atoms with Gasteiger partial charge in [-0.25, -0.2) is 0 Å². The smallest absolute Gasteiger partial charge is 0.325 e. The van der Waals surface area contributed by atoms with Crippen molar-refractivity contribution in [3.05, 3.63) is 0 Å². The van der Waals surface area contributed by atoms with E-state index >= 15 is 0 Å². The molecule has 3 amide bonds. The SMILES string of the molecule is CSCCC(N)C(=O)NC(CC(N)=O)C(=O)NC(C)C(=O)O. The molecule has 0 aromatic carbocycles. The number of thioether (sulfide) groups is 1. The Morgan fingerprint density at radius 1 is 1.18 bits per heavy atom. The van der Waals surface area contributed by atoms with Crippen molar-refractivity contribution in [3.63, 3.8) is 0 Å². The molecule has 3 unspecified atom stereocenters. The molecule has 0 aliphatic rings. The number of primary amides is 1. The standard InChI is InChI=1S/C12H22N4O5S/c1-6(12(20)21)15-11(19)8(5-9(14)17)16-10(18)7(13)3-4-22-2/h6-8H,3-5,13H2,1-2H3,(H2,14,17)(H,15,19)(H,16,18)(H,20,21). The van der Waals surface area contributed by atoms with Crippen LogP contribution in [-0.2, 0) is 19.2 Å². The second-order valence-corrected chi connectivity index (χ2v) is 5.67. The first-order valence-electron chi connectivity index (χ1n) is 6.55. The molecule has 10 heteroatoms. The minimum Gasteiger partial charge on any atom is -0.480 e. The first kappa shape index (κ1) is 20.2. The number of hydrogen-bond donors (Lipinski definition) is 5. The third-order valence-electron chi connectivity index (χ3n) is 2.74. The molecule has 0 spiro atoms. The topological polar surface area (TPSA) is 165 Å². The quantitative estimate of drug-likeness (QED) is 0.309. The molecule has 0 aromatic heterocycles. The fourth-order valence-electron chi connectivity index (χ4n) is 1.44. The first-order chi connectivity index (χ1) is 10.2. The number of nitrogens with two attached hydrogens (primary N) is 2. The summed E-state index contributed by atoms with van der Waals surface area (Å²) in [5, 5.41) is 13.2. The van der Waals surface area contributed by atoms with Gasteiger partial charge in [-0.1, -0.05) is 0 Å². The van der Waals surface area contributed by atoms with E-state index in [1.807, 2.05) is 6.26 Å². The van der Waals surface area contributed by atoms with Gasteiger partial charge in [0.15, 0.2) is 0 Å². The van der Waals surface area contributed by atoms with Crippen LogP contribution in [0, 0.1) is 0 Å². The lowest BCUT2D eigenvalue weighted by atomic mass is 10.1. The van der Waals surface area contributed by atoms with Gasteiger partial charge in [0.25, 0.3) is 0 Å². The lowest BCUT2D eigenvalue weighted by Gasteiger charge is -2.20. The van der Waals surface area contributed by atoms with E-state index in [-0.39, 0.29) is 0 Å². The predicted molar refractivity (Wildman–Crippen MR) is 82.0 cm³/mol. The zero-order valence-corrected chi connectivity index (χ0v) is 13.3. The molecule has 126 valence electrons. The number of hydrogen-bond acceptors (Lipinski definition) is 6. The molecule has 0 radical (unpaired) electrons. The first-order valence-corrected chi connectivity index (χ1v) is 7.94. The van der Waals surface area contributed by atoms with Gasteiger partial charge in [-0.05, 0) is 25.4 Å². The second kappa shape index (κ2) is 10.0. The van der Waals surface area contributed by atoms with Crippen molar-refractivity contribution < 1.29 is 24.3 Å². The highest BCUT2D eigenvalue weighted by atomic mass is 32.2. The zero-order valence-electron chi connectivity index (χ0n) is 12.5. The predicted octanol–water partition coefficient (Wildman–Crippen LogP) is -1.98. The molecule has 9 nitrogen and oxygen atoms in total. The molecule has 0 saturated carbocycles. The molecule has 0 saturated heterocycles. The summed E-state index contributed by atoms with van der Waals surface area (Å²) in [4.78, 5) is 45.5. The molecule has 0 aromatic rings. The van der Waals surface area contributed by atoms with Crippen molar-refractivity contribution in [2.24, 2.45) is 11.5 Å². The highest BCUT2D eigenvalue weighted by Crippen LogP contribution is 2.01. The van der Waals surface area contributed by atoms with Crippen molar-refractivity contribution in [1.82, 2.24) is 10.6 Å². The van der Waals surface area contributed by atoms with Gasteiger partial charge in [-0.15, -0.1) is 0 Å². The maximum atomic E-state index is 11.9. The molecule has 0 bridgehead atoms. The molecule has 0 aliphatic heterocycles. The van der Waals surface area contributed by atoms with Gasteiger partial charge < -0.3 is 27.2 Å². The highest BCUT2D eigenvalue weighted by Gasteiger charge is 2.27. The van der Waals surface area contributed by atoms with Gasteiger partial charge in [0.05, 0.1) is 12.5 Å². The van der Waals surface area contributed by atoms with E-state index < -0.39 is 48.2 Å². The summed E-state index contributed by atoms with van der Waals surface area (Å²) in [5.41, 5.74) is 10.7. The molecular weight excluding hydrogens is 312 g/mol. The maximum absolute atomic E-state index is 11.9. The van der Waals surface area contributed by atoms with Gasteiger partial charge >= 0.3 is 5.97 Å². The van der Waals surface area contributed by atoms with Crippen LogP contribution < -0.4 is 22.1 Å². The van der Waals surface area contributed by atoms with Crippen LogP contribution in [0.15, 0.2) is 0 Å². The number of carboxylic acids is 1. The number of aliphatic carboxylic acids is 1. The summed E-state index contributed by atoms with van der Waals surface area (Å²) in [6.45, 7) is 1.26. The fraction of sp³-hybridized carbons (Fsp3) is 0.667. The van der Waals surface area contributed by atoms with Crippen molar-refractivity contribution in [3.8, 4) is 0 Å². The van der Waals surface area contributed by atoms with Gasteiger partial charge in [0.1, 0.15) is 12.1 Å². The Balaban J connectivity index is 4.76. The van der Waals surface area contributed by atoms with Crippen molar-refractivity contribution in [2.75, 3.05) is 12.0 Å². The number of amides is 3. The minimum atomic E-state index is -1.26. The lowest BCUT2D eigenvalue weighted by Crippen LogP contribution is -2.55. The van der Waals surface area contributed by atoms with Crippen LogP contribution in [-0.4, -0.2) is 58.9 Å². The largest absolute Gasteiger partial charge is 0.480 e. The monoisotopic (exact) mass is 334 g/mol. The number of carboxylic acid groups (broad SMARTS) is 1. The summed E-state index contributed by atoms with van der Waals surface area (Å²) in [6, 6.07) is -3.25. The number of nitrogens with one attached hydrogen (secondary N) is 2. The molecule has 0 heterocycles. The molecule has 22 heavy (non-hydrogen) atoms. The molecule has 7 N–H and O–H groups in total. The summed E-state index contributed by atoms with van der Waals surface area (Å²) < 4.78 is 0.